The van der Waals surface area contributed by atoms with Gasteiger partial charge in [0.05, 0.1) is 17.7 Å². The Balaban J connectivity index is 0.00000401. The molecule has 0 radical (unpaired) electrons. The van der Waals surface area contributed by atoms with Gasteiger partial charge in [-0.25, -0.2) is 10.2 Å². The Morgan fingerprint density at radius 1 is 1.00 bits per heavy atom. The Morgan fingerprint density at radius 2 is 1.58 bits per heavy atom. The number of nitrogens with one attached hydrogen (secondary N) is 1. The number of carbonyl (C=O) groups excluding carboxylic acids is 4. The standard InChI is InChI=1S/C32H27N7O7S.Na/c40-18-37-19-45-28-23(25(30(43)44)39-26(28)27(37)29(39)42)17-47-31-33-35-36-38(31)16-24(41)34-46-32(20-10-4-1-5-11-20,21-12-6-2-7-13-21)22-14-8-3-9-15-22;/h1-15,18,26-28H,16-17,19H2,(H,34,41)(H,43,44);/q;+1/p-1/t26-,27-,28?;/m0./s1. The Bertz CT molecular complexity index is 1770. The summed E-state index contributed by atoms with van der Waals surface area (Å²) in [6, 6.07) is 27.2. The summed E-state index contributed by atoms with van der Waals surface area (Å²) in [6.45, 7) is -0.475. The average Bonchev–Trinajstić information content (AvgIpc) is 3.69. The van der Waals surface area contributed by atoms with Crippen molar-refractivity contribution in [2.24, 2.45) is 0 Å². The first-order valence-corrected chi connectivity index (χ1v) is 15.5. The molecular weight excluding hydrogens is 649 g/mol. The third-order valence-electron chi connectivity index (χ3n) is 8.41. The molecule has 1 N–H and O–H groups in total. The van der Waals surface area contributed by atoms with Crippen molar-refractivity contribution < 1.29 is 63.4 Å². The van der Waals surface area contributed by atoms with Crippen molar-refractivity contribution in [2.45, 2.75) is 35.5 Å². The van der Waals surface area contributed by atoms with E-state index in [0.717, 1.165) is 33.4 Å². The number of aliphatic carboxylic acids is 1. The van der Waals surface area contributed by atoms with Crippen LogP contribution in [0.15, 0.2) is 107 Å². The van der Waals surface area contributed by atoms with Crippen LogP contribution in [0.5, 0.6) is 0 Å². The second kappa shape index (κ2) is 14.0. The summed E-state index contributed by atoms with van der Waals surface area (Å²) in [5, 5.41) is 24.0. The maximum atomic E-state index is 13.4. The van der Waals surface area contributed by atoms with Gasteiger partial charge in [0.2, 0.25) is 11.6 Å². The van der Waals surface area contributed by atoms with Gasteiger partial charge < -0.3 is 19.5 Å². The number of carboxylic acids is 1. The molecule has 238 valence electrons. The van der Waals surface area contributed by atoms with Gasteiger partial charge in [0, 0.05) is 5.75 Å². The summed E-state index contributed by atoms with van der Waals surface area (Å²) in [7, 11) is 0. The Kier molecular flexibility index (Phi) is 9.78. The van der Waals surface area contributed by atoms with Crippen molar-refractivity contribution in [3.05, 3.63) is 119 Å². The molecule has 0 bridgehead atoms. The summed E-state index contributed by atoms with van der Waals surface area (Å²) >= 11 is 1.07. The van der Waals surface area contributed by atoms with E-state index in [1.54, 1.807) is 0 Å². The summed E-state index contributed by atoms with van der Waals surface area (Å²) in [4.78, 5) is 58.3. The summed E-state index contributed by atoms with van der Waals surface area (Å²) in [6.07, 6.45) is -0.231. The fraction of sp³-hybridized carbons (Fsp3) is 0.219. The van der Waals surface area contributed by atoms with Gasteiger partial charge in [-0.05, 0) is 32.7 Å². The van der Waals surface area contributed by atoms with E-state index >= 15 is 0 Å². The van der Waals surface area contributed by atoms with E-state index in [9.17, 15) is 24.3 Å². The zero-order valence-electron chi connectivity index (χ0n) is 25.5. The van der Waals surface area contributed by atoms with Crippen LogP contribution in [0.1, 0.15) is 16.7 Å². The molecule has 4 aromatic rings. The maximum absolute atomic E-state index is 13.4. The predicted molar refractivity (Wildman–Crippen MR) is 161 cm³/mol. The van der Waals surface area contributed by atoms with Crippen molar-refractivity contribution >= 4 is 36.0 Å². The molecule has 3 amide bonds. The van der Waals surface area contributed by atoms with Crippen molar-refractivity contribution in [1.29, 1.82) is 0 Å². The molecule has 3 aromatic carbocycles. The molecule has 2 fully saturated rings. The molecule has 4 heterocycles. The Hall–Kier alpha value is -4.38. The molecular formula is C32H26N7NaO7S. The number of hydrogen-bond acceptors (Lipinski definition) is 11. The number of tetrazole rings is 1. The molecule has 3 atom stereocenters. The van der Waals surface area contributed by atoms with Gasteiger partial charge in [-0.2, -0.15) is 0 Å². The molecule has 1 unspecified atom stereocenters. The molecule has 7 rings (SSSR count). The van der Waals surface area contributed by atoms with E-state index in [1.165, 1.54) is 9.58 Å². The molecule has 3 aliphatic heterocycles. The van der Waals surface area contributed by atoms with Gasteiger partial charge in [-0.3, -0.25) is 24.1 Å². The van der Waals surface area contributed by atoms with Crippen molar-refractivity contribution in [3.8, 4) is 0 Å². The Morgan fingerprint density at radius 3 is 2.12 bits per heavy atom. The minimum Gasteiger partial charge on any atom is -0.543 e. The van der Waals surface area contributed by atoms with Crippen LogP contribution in [0.25, 0.3) is 0 Å². The first-order valence-electron chi connectivity index (χ1n) is 14.6. The van der Waals surface area contributed by atoms with Gasteiger partial charge in [-0.1, -0.05) is 103 Å². The SMILES string of the molecule is O=CN1COC2C(CSc3nnnn3CC(=O)NOC(c3ccccc3)(c3ccccc3)c3ccccc3)=C(C(=O)[O-])N3C(=O)[C@@H]1[C@@H]23.[Na+]. The van der Waals surface area contributed by atoms with Gasteiger partial charge in [0.15, 0.2) is 5.60 Å². The van der Waals surface area contributed by atoms with Crippen LogP contribution in [0, 0.1) is 0 Å². The van der Waals surface area contributed by atoms with Crippen LogP contribution in [-0.2, 0) is 40.9 Å². The predicted octanol–water partition coefficient (Wildman–Crippen LogP) is -2.78. The number of hydroxylamine groups is 1. The molecule has 48 heavy (non-hydrogen) atoms. The number of amides is 3. The number of carboxylic acid groups (broad SMARTS) is 1. The van der Waals surface area contributed by atoms with Crippen LogP contribution in [0.4, 0.5) is 0 Å². The number of thioether (sulfide) groups is 1. The molecule has 1 aromatic heterocycles. The number of benzene rings is 3. The van der Waals surface area contributed by atoms with E-state index in [0.29, 0.717) is 12.0 Å². The van der Waals surface area contributed by atoms with Gasteiger partial charge >= 0.3 is 29.6 Å². The first kappa shape index (κ1) is 33.5. The minimum absolute atomic E-state index is 0. The molecule has 3 aliphatic rings. The Labute approximate surface area is 300 Å². The van der Waals surface area contributed by atoms with E-state index < -0.39 is 41.6 Å². The van der Waals surface area contributed by atoms with Crippen LogP contribution >= 0.6 is 11.8 Å². The number of ether oxygens (including phenoxy) is 1. The number of nitrogens with zero attached hydrogens (tertiary/aromatic N) is 6. The van der Waals surface area contributed by atoms with Crippen LogP contribution in [-0.4, -0.2) is 84.9 Å². The minimum atomic E-state index is -1.53. The smallest absolute Gasteiger partial charge is 0.543 e. The quantitative estimate of drug-likeness (QED) is 0.0412. The zero-order chi connectivity index (χ0) is 32.5. The van der Waals surface area contributed by atoms with Gasteiger partial charge in [0.25, 0.3) is 11.8 Å². The molecule has 2 saturated heterocycles. The number of β-lactam (4-membered cyclic amide) rings is 1. The van der Waals surface area contributed by atoms with Crippen LogP contribution in [0.3, 0.4) is 0 Å². The maximum Gasteiger partial charge on any atom is 1.00 e. The summed E-state index contributed by atoms with van der Waals surface area (Å²) in [5.41, 5.74) is 3.80. The molecule has 16 heteroatoms. The largest absolute Gasteiger partial charge is 1.00 e. The normalized spacial score (nSPS) is 19.7. The third-order valence-corrected chi connectivity index (χ3v) is 9.41. The molecule has 0 aliphatic carbocycles. The number of rotatable bonds is 12. The van der Waals surface area contributed by atoms with Crippen molar-refractivity contribution in [1.82, 2.24) is 35.5 Å². The number of hydrogen-bond donors (Lipinski definition) is 1. The average molecular weight is 676 g/mol. The van der Waals surface area contributed by atoms with Crippen molar-refractivity contribution in [2.75, 3.05) is 12.5 Å². The third kappa shape index (κ3) is 5.71. The van der Waals surface area contributed by atoms with Crippen molar-refractivity contribution in [3.63, 3.8) is 0 Å². The van der Waals surface area contributed by atoms with E-state index in [1.807, 2.05) is 91.0 Å². The zero-order valence-corrected chi connectivity index (χ0v) is 28.4. The number of aromatic nitrogens is 4. The first-order chi connectivity index (χ1) is 22.9. The topological polar surface area (TPSA) is 172 Å². The second-order valence-corrected chi connectivity index (χ2v) is 11.9. The molecule has 0 saturated carbocycles. The van der Waals surface area contributed by atoms with Gasteiger partial charge in [-0.15, -0.1) is 5.10 Å². The fourth-order valence-electron chi connectivity index (χ4n) is 6.35. The monoisotopic (exact) mass is 675 g/mol. The van der Waals surface area contributed by atoms with Crippen LogP contribution < -0.4 is 40.1 Å². The van der Waals surface area contributed by atoms with E-state index in [2.05, 4.69) is 21.0 Å². The second-order valence-electron chi connectivity index (χ2n) is 11.0. The summed E-state index contributed by atoms with van der Waals surface area (Å²) < 4.78 is 7.04. The van der Waals surface area contributed by atoms with E-state index in [-0.39, 0.29) is 59.4 Å². The fourth-order valence-corrected chi connectivity index (χ4v) is 7.28. The van der Waals surface area contributed by atoms with E-state index in [4.69, 9.17) is 9.57 Å². The molecule has 14 nitrogen and oxygen atoms in total. The number of carbonyl (C=O) groups is 4. The van der Waals surface area contributed by atoms with Gasteiger partial charge in [0.1, 0.15) is 25.4 Å². The van der Waals surface area contributed by atoms with Crippen LogP contribution in [0.2, 0.25) is 0 Å². The summed E-state index contributed by atoms with van der Waals surface area (Å²) in [5.74, 6) is -2.56. The molecule has 0 spiro atoms.